The first-order valence-electron chi connectivity index (χ1n) is 8.74. The van der Waals surface area contributed by atoms with E-state index in [2.05, 4.69) is 10.3 Å². The van der Waals surface area contributed by atoms with Crippen LogP contribution in [0.5, 0.6) is 5.88 Å². The Bertz CT molecular complexity index is 1190. The average Bonchev–Trinajstić information content (AvgIpc) is 3.34. The summed E-state index contributed by atoms with van der Waals surface area (Å²) in [7, 11) is 0. The van der Waals surface area contributed by atoms with Crippen molar-refractivity contribution in [3.63, 3.8) is 0 Å². The number of nitrogens with zero attached hydrogens (tertiary/aromatic N) is 4. The molecule has 1 aliphatic carbocycles. The normalized spacial score (nSPS) is 14.2. The van der Waals surface area contributed by atoms with Crippen LogP contribution in [0, 0.1) is 12.7 Å². The lowest BCUT2D eigenvalue weighted by atomic mass is 10.1. The summed E-state index contributed by atoms with van der Waals surface area (Å²) < 4.78 is 17.7. The fourth-order valence-electron chi connectivity index (χ4n) is 3.48. The molecule has 1 fully saturated rings. The summed E-state index contributed by atoms with van der Waals surface area (Å²) in [6.45, 7) is 1.85. The van der Waals surface area contributed by atoms with Gasteiger partial charge in [-0.25, -0.2) is 9.07 Å². The minimum Gasteiger partial charge on any atom is -0.494 e. The van der Waals surface area contributed by atoms with Crippen LogP contribution in [-0.2, 0) is 0 Å². The van der Waals surface area contributed by atoms with Crippen LogP contribution in [0.4, 0.5) is 4.39 Å². The van der Waals surface area contributed by atoms with Gasteiger partial charge in [0.15, 0.2) is 5.88 Å². The van der Waals surface area contributed by atoms with Gasteiger partial charge >= 0.3 is 0 Å². The highest BCUT2D eigenvalue weighted by Crippen LogP contribution is 2.42. The van der Waals surface area contributed by atoms with Crippen molar-refractivity contribution in [3.05, 3.63) is 59.1 Å². The van der Waals surface area contributed by atoms with E-state index in [1.54, 1.807) is 12.1 Å². The van der Waals surface area contributed by atoms with Crippen molar-refractivity contribution in [2.24, 2.45) is 0 Å². The largest absolute Gasteiger partial charge is 0.494 e. The van der Waals surface area contributed by atoms with Crippen LogP contribution in [0.1, 0.15) is 24.6 Å². The molecule has 5 rings (SSSR count). The maximum absolute atomic E-state index is 14.3. The van der Waals surface area contributed by atoms with Gasteiger partial charge < -0.3 is 9.67 Å². The van der Waals surface area contributed by atoms with Crippen molar-refractivity contribution in [3.8, 4) is 22.8 Å². The van der Waals surface area contributed by atoms with Gasteiger partial charge in [-0.15, -0.1) is 5.10 Å². The molecular formula is C20H16ClFN4O. The number of hydrogen-bond donors (Lipinski definition) is 1. The molecular weight excluding hydrogens is 367 g/mol. The Morgan fingerprint density at radius 3 is 2.74 bits per heavy atom. The van der Waals surface area contributed by atoms with Gasteiger partial charge in [-0.3, -0.25) is 0 Å². The van der Waals surface area contributed by atoms with Gasteiger partial charge in [-0.05, 0) is 50.1 Å². The molecule has 1 N–H and O–H groups in total. The zero-order valence-corrected chi connectivity index (χ0v) is 15.3. The van der Waals surface area contributed by atoms with Gasteiger partial charge in [0, 0.05) is 33.6 Å². The second-order valence-corrected chi connectivity index (χ2v) is 7.36. The molecule has 7 heteroatoms. The quantitative estimate of drug-likeness (QED) is 0.540. The van der Waals surface area contributed by atoms with Crippen LogP contribution in [0.2, 0.25) is 5.02 Å². The molecule has 0 aliphatic heterocycles. The predicted molar refractivity (Wildman–Crippen MR) is 102 cm³/mol. The number of halogens is 2. The zero-order valence-electron chi connectivity index (χ0n) is 14.5. The second kappa shape index (κ2) is 5.82. The van der Waals surface area contributed by atoms with Gasteiger partial charge in [0.25, 0.3) is 0 Å². The first kappa shape index (κ1) is 16.3. The smallest absolute Gasteiger partial charge is 0.199 e. The molecule has 5 nitrogen and oxygen atoms in total. The Hall–Kier alpha value is -2.86. The van der Waals surface area contributed by atoms with Crippen molar-refractivity contribution < 1.29 is 9.50 Å². The van der Waals surface area contributed by atoms with Crippen molar-refractivity contribution >= 4 is 22.4 Å². The Balaban J connectivity index is 1.60. The van der Waals surface area contributed by atoms with Crippen molar-refractivity contribution in [2.45, 2.75) is 25.8 Å². The first-order chi connectivity index (χ1) is 13.0. The number of hydrogen-bond acceptors (Lipinski definition) is 3. The Morgan fingerprint density at radius 1 is 1.19 bits per heavy atom. The lowest BCUT2D eigenvalue weighted by molar-refractivity contribution is 0.424. The number of benzene rings is 2. The molecule has 0 atom stereocenters. The Labute approximate surface area is 159 Å². The summed E-state index contributed by atoms with van der Waals surface area (Å²) in [5, 5.41) is 20.9. The van der Waals surface area contributed by atoms with E-state index in [0.717, 1.165) is 34.9 Å². The first-order valence-corrected chi connectivity index (χ1v) is 9.12. The van der Waals surface area contributed by atoms with E-state index >= 15 is 0 Å². The number of rotatable bonds is 3. The molecule has 2 heterocycles. The summed E-state index contributed by atoms with van der Waals surface area (Å²) in [4.78, 5) is 0. The number of aromatic nitrogens is 4. The molecule has 0 spiro atoms. The summed E-state index contributed by atoms with van der Waals surface area (Å²) >= 11 is 5.83. The van der Waals surface area contributed by atoms with Crippen molar-refractivity contribution in [2.75, 3.05) is 0 Å². The summed E-state index contributed by atoms with van der Waals surface area (Å²) in [6, 6.07) is 10.6. The van der Waals surface area contributed by atoms with Crippen LogP contribution in [0.15, 0.2) is 42.6 Å². The molecule has 4 aromatic rings. The maximum Gasteiger partial charge on any atom is 0.199 e. The fourth-order valence-corrected chi connectivity index (χ4v) is 3.64. The molecule has 1 aliphatic rings. The van der Waals surface area contributed by atoms with E-state index in [-0.39, 0.29) is 0 Å². The molecule has 0 amide bonds. The van der Waals surface area contributed by atoms with Crippen LogP contribution in [0.3, 0.4) is 0 Å². The van der Waals surface area contributed by atoms with E-state index in [4.69, 9.17) is 11.6 Å². The minimum absolute atomic E-state index is 0.300. The van der Waals surface area contributed by atoms with Crippen LogP contribution >= 0.6 is 11.6 Å². The Morgan fingerprint density at radius 2 is 2.00 bits per heavy atom. The third-order valence-corrected chi connectivity index (χ3v) is 5.30. The van der Waals surface area contributed by atoms with Gasteiger partial charge in [0.2, 0.25) is 0 Å². The van der Waals surface area contributed by atoms with E-state index < -0.39 is 5.82 Å². The van der Waals surface area contributed by atoms with E-state index in [1.165, 1.54) is 10.7 Å². The molecule has 27 heavy (non-hydrogen) atoms. The predicted octanol–water partition coefficient (Wildman–Crippen LogP) is 5.03. The molecule has 0 saturated heterocycles. The summed E-state index contributed by atoms with van der Waals surface area (Å²) in [6.07, 6.45) is 4.17. The van der Waals surface area contributed by atoms with E-state index in [9.17, 15) is 9.50 Å². The third kappa shape index (κ3) is 2.59. The average molecular weight is 383 g/mol. The van der Waals surface area contributed by atoms with Crippen LogP contribution < -0.4 is 0 Å². The third-order valence-electron chi connectivity index (χ3n) is 5.06. The number of fused-ring (bicyclic) bond motifs is 1. The maximum atomic E-state index is 14.3. The molecule has 2 aromatic carbocycles. The molecule has 136 valence electrons. The second-order valence-electron chi connectivity index (χ2n) is 6.92. The topological polar surface area (TPSA) is 55.9 Å². The molecule has 1 saturated carbocycles. The highest BCUT2D eigenvalue weighted by molar-refractivity contribution is 6.30. The van der Waals surface area contributed by atoms with E-state index in [1.807, 2.05) is 35.9 Å². The van der Waals surface area contributed by atoms with E-state index in [0.29, 0.717) is 28.3 Å². The fraction of sp³-hybridized carbons (Fsp3) is 0.200. The Kier molecular flexibility index (Phi) is 3.52. The van der Waals surface area contributed by atoms with Gasteiger partial charge in [0.1, 0.15) is 17.2 Å². The van der Waals surface area contributed by atoms with Gasteiger partial charge in [0.05, 0.1) is 5.69 Å². The lowest BCUT2D eigenvalue weighted by Crippen LogP contribution is -2.02. The SMILES string of the molecule is Cc1c(-c2ccc3c(O)n(C4CC4)cc3c2)nnn1-c1ccc(Cl)cc1F. The van der Waals surface area contributed by atoms with Crippen molar-refractivity contribution in [1.82, 2.24) is 19.6 Å². The number of aromatic hydroxyl groups is 1. The standard InChI is InChI=1S/C20H16ClFN4O/c1-11-19(23-24-26(11)18-7-3-14(21)9-17(18)22)12-2-6-16-13(8-12)10-25(20(16)27)15-4-5-15/h2-3,6-10,15,27H,4-5H2,1H3. The molecule has 0 unspecified atom stereocenters. The molecule has 0 bridgehead atoms. The van der Waals surface area contributed by atoms with Crippen LogP contribution in [0.25, 0.3) is 27.7 Å². The zero-order chi connectivity index (χ0) is 18.7. The molecule has 2 aromatic heterocycles. The lowest BCUT2D eigenvalue weighted by Gasteiger charge is -2.06. The van der Waals surface area contributed by atoms with Crippen molar-refractivity contribution in [1.29, 1.82) is 0 Å². The summed E-state index contributed by atoms with van der Waals surface area (Å²) in [5.74, 6) is -0.147. The van der Waals surface area contributed by atoms with Crippen LogP contribution in [-0.4, -0.2) is 24.7 Å². The highest BCUT2D eigenvalue weighted by Gasteiger charge is 2.26. The minimum atomic E-state index is -0.455. The monoisotopic (exact) mass is 382 g/mol. The van der Waals surface area contributed by atoms with Gasteiger partial charge in [-0.2, -0.15) is 0 Å². The highest BCUT2D eigenvalue weighted by atomic mass is 35.5. The molecule has 0 radical (unpaired) electrons. The summed E-state index contributed by atoms with van der Waals surface area (Å²) in [5.41, 5.74) is 2.56. The van der Waals surface area contributed by atoms with Gasteiger partial charge in [-0.1, -0.05) is 22.9 Å².